The summed E-state index contributed by atoms with van der Waals surface area (Å²) < 4.78 is 1.66. The first kappa shape index (κ1) is 12.5. The standard InChI is InChI=1S/C12H17N3O/c1-9(2)11-5-4-10(8-14)12(16)15(11)7-3-6-13/h4-5,9H,3,6-7,13H2,1-2H3. The highest BCUT2D eigenvalue weighted by Crippen LogP contribution is 2.13. The van der Waals surface area contributed by atoms with Crippen molar-refractivity contribution in [2.45, 2.75) is 32.7 Å². The fraction of sp³-hybridized carbons (Fsp3) is 0.500. The van der Waals surface area contributed by atoms with Crippen LogP contribution in [0.2, 0.25) is 0 Å². The van der Waals surface area contributed by atoms with Crippen LogP contribution in [0.25, 0.3) is 0 Å². The van der Waals surface area contributed by atoms with Gasteiger partial charge in [0.25, 0.3) is 5.56 Å². The van der Waals surface area contributed by atoms with E-state index in [1.54, 1.807) is 10.6 Å². The predicted octanol–water partition coefficient (Wildman–Crippen LogP) is 1.19. The van der Waals surface area contributed by atoms with E-state index in [1.165, 1.54) is 0 Å². The normalized spacial score (nSPS) is 10.4. The summed E-state index contributed by atoms with van der Waals surface area (Å²) >= 11 is 0. The van der Waals surface area contributed by atoms with Crippen molar-refractivity contribution in [3.05, 3.63) is 33.7 Å². The molecule has 0 radical (unpaired) electrons. The van der Waals surface area contributed by atoms with Crippen molar-refractivity contribution in [3.8, 4) is 6.07 Å². The fourth-order valence-electron chi connectivity index (χ4n) is 1.66. The van der Waals surface area contributed by atoms with Gasteiger partial charge in [0.15, 0.2) is 0 Å². The van der Waals surface area contributed by atoms with Gasteiger partial charge in [0, 0.05) is 12.2 Å². The van der Waals surface area contributed by atoms with Gasteiger partial charge in [0.05, 0.1) is 0 Å². The second-order valence-electron chi connectivity index (χ2n) is 4.04. The second-order valence-corrected chi connectivity index (χ2v) is 4.04. The molecule has 4 heteroatoms. The summed E-state index contributed by atoms with van der Waals surface area (Å²) in [6.07, 6.45) is 0.745. The van der Waals surface area contributed by atoms with Crippen LogP contribution in [0.3, 0.4) is 0 Å². The van der Waals surface area contributed by atoms with Crippen molar-refractivity contribution in [3.63, 3.8) is 0 Å². The van der Waals surface area contributed by atoms with Crippen LogP contribution >= 0.6 is 0 Å². The molecule has 0 bridgehead atoms. The molecule has 0 saturated heterocycles. The molecule has 86 valence electrons. The largest absolute Gasteiger partial charge is 0.330 e. The first-order valence-electron chi connectivity index (χ1n) is 5.45. The lowest BCUT2D eigenvalue weighted by atomic mass is 10.1. The molecule has 0 aliphatic heterocycles. The van der Waals surface area contributed by atoms with Gasteiger partial charge in [-0.1, -0.05) is 13.8 Å². The van der Waals surface area contributed by atoms with Crippen molar-refractivity contribution in [2.75, 3.05) is 6.54 Å². The third kappa shape index (κ3) is 2.50. The summed E-state index contributed by atoms with van der Waals surface area (Å²) in [4.78, 5) is 11.9. The summed E-state index contributed by atoms with van der Waals surface area (Å²) in [5.74, 6) is 0.262. The zero-order valence-corrected chi connectivity index (χ0v) is 9.73. The van der Waals surface area contributed by atoms with Crippen molar-refractivity contribution >= 4 is 0 Å². The third-order valence-corrected chi connectivity index (χ3v) is 2.51. The molecule has 1 aromatic heterocycles. The zero-order valence-electron chi connectivity index (χ0n) is 9.73. The van der Waals surface area contributed by atoms with Gasteiger partial charge in [-0.3, -0.25) is 4.79 Å². The molecule has 0 aromatic carbocycles. The molecule has 0 aliphatic carbocycles. The van der Waals surface area contributed by atoms with E-state index in [9.17, 15) is 4.79 Å². The van der Waals surface area contributed by atoms with E-state index in [1.807, 2.05) is 26.0 Å². The molecule has 0 aliphatic rings. The molecule has 0 fully saturated rings. The maximum Gasteiger partial charge on any atom is 0.268 e. The summed E-state index contributed by atoms with van der Waals surface area (Å²) in [7, 11) is 0. The van der Waals surface area contributed by atoms with E-state index in [2.05, 4.69) is 0 Å². The Morgan fingerprint density at radius 2 is 2.19 bits per heavy atom. The number of aromatic nitrogens is 1. The highest BCUT2D eigenvalue weighted by atomic mass is 16.1. The zero-order chi connectivity index (χ0) is 12.1. The highest BCUT2D eigenvalue weighted by Gasteiger charge is 2.10. The molecule has 0 saturated carbocycles. The van der Waals surface area contributed by atoms with Crippen LogP contribution in [0.4, 0.5) is 0 Å². The first-order chi connectivity index (χ1) is 7.61. The van der Waals surface area contributed by atoms with Gasteiger partial charge in [0.1, 0.15) is 11.6 Å². The number of nitrogens with two attached hydrogens (primary N) is 1. The van der Waals surface area contributed by atoms with Crippen molar-refractivity contribution in [1.82, 2.24) is 4.57 Å². The van der Waals surface area contributed by atoms with E-state index in [0.29, 0.717) is 13.1 Å². The quantitative estimate of drug-likeness (QED) is 0.826. The first-order valence-corrected chi connectivity index (χ1v) is 5.45. The molecule has 2 N–H and O–H groups in total. The van der Waals surface area contributed by atoms with E-state index in [-0.39, 0.29) is 17.0 Å². The number of pyridine rings is 1. The Hall–Kier alpha value is -1.60. The Balaban J connectivity index is 3.27. The molecule has 0 spiro atoms. The Bertz CT molecular complexity index is 454. The molecular weight excluding hydrogens is 202 g/mol. The maximum absolute atomic E-state index is 11.9. The van der Waals surface area contributed by atoms with Gasteiger partial charge in [-0.05, 0) is 31.0 Å². The Kier molecular flexibility index (Phi) is 4.27. The van der Waals surface area contributed by atoms with Crippen LogP contribution in [0.1, 0.15) is 37.4 Å². The van der Waals surface area contributed by atoms with Crippen LogP contribution in [0.15, 0.2) is 16.9 Å². The number of hydrogen-bond donors (Lipinski definition) is 1. The molecule has 16 heavy (non-hydrogen) atoms. The van der Waals surface area contributed by atoms with Crippen LogP contribution in [-0.4, -0.2) is 11.1 Å². The average molecular weight is 219 g/mol. The second kappa shape index (κ2) is 5.47. The van der Waals surface area contributed by atoms with Gasteiger partial charge in [-0.2, -0.15) is 5.26 Å². The number of rotatable bonds is 4. The lowest BCUT2D eigenvalue weighted by Gasteiger charge is -2.15. The lowest BCUT2D eigenvalue weighted by Crippen LogP contribution is -2.27. The van der Waals surface area contributed by atoms with E-state index in [0.717, 1.165) is 12.1 Å². The summed E-state index contributed by atoms with van der Waals surface area (Å²) in [6, 6.07) is 5.36. The van der Waals surface area contributed by atoms with Crippen LogP contribution in [0, 0.1) is 11.3 Å². The highest BCUT2D eigenvalue weighted by molar-refractivity contribution is 5.28. The van der Waals surface area contributed by atoms with Gasteiger partial charge in [0.2, 0.25) is 0 Å². The summed E-state index contributed by atoms with van der Waals surface area (Å²) in [5, 5.41) is 8.81. The SMILES string of the molecule is CC(C)c1ccc(C#N)c(=O)n1CCCN. The molecule has 4 nitrogen and oxygen atoms in total. The third-order valence-electron chi connectivity index (χ3n) is 2.51. The number of nitrogens with zero attached hydrogens (tertiary/aromatic N) is 2. The molecule has 1 rings (SSSR count). The van der Waals surface area contributed by atoms with Gasteiger partial charge >= 0.3 is 0 Å². The monoisotopic (exact) mass is 219 g/mol. The minimum Gasteiger partial charge on any atom is -0.330 e. The minimum atomic E-state index is -0.206. The summed E-state index contributed by atoms with van der Waals surface area (Å²) in [6.45, 7) is 5.18. The van der Waals surface area contributed by atoms with Crippen LogP contribution in [-0.2, 0) is 6.54 Å². The molecule has 0 unspecified atom stereocenters. The smallest absolute Gasteiger partial charge is 0.268 e. The van der Waals surface area contributed by atoms with Crippen molar-refractivity contribution in [2.24, 2.45) is 5.73 Å². The van der Waals surface area contributed by atoms with Crippen molar-refractivity contribution < 1.29 is 0 Å². The predicted molar refractivity (Wildman–Crippen MR) is 63.2 cm³/mol. The fourth-order valence-corrected chi connectivity index (χ4v) is 1.66. The summed E-state index contributed by atoms with van der Waals surface area (Å²) in [5.41, 5.74) is 6.39. The van der Waals surface area contributed by atoms with E-state index in [4.69, 9.17) is 11.0 Å². The van der Waals surface area contributed by atoms with Gasteiger partial charge < -0.3 is 10.3 Å². The number of hydrogen-bond acceptors (Lipinski definition) is 3. The molecular formula is C12H17N3O. The average Bonchev–Trinajstić information content (AvgIpc) is 2.26. The Morgan fingerprint density at radius 3 is 2.69 bits per heavy atom. The van der Waals surface area contributed by atoms with Gasteiger partial charge in [-0.25, -0.2) is 0 Å². The minimum absolute atomic E-state index is 0.196. The molecule has 0 amide bonds. The molecule has 0 atom stereocenters. The Labute approximate surface area is 95.3 Å². The molecule has 1 aromatic rings. The number of nitriles is 1. The lowest BCUT2D eigenvalue weighted by molar-refractivity contribution is 0.580. The van der Waals surface area contributed by atoms with Crippen LogP contribution in [0.5, 0.6) is 0 Å². The maximum atomic E-state index is 11.9. The van der Waals surface area contributed by atoms with E-state index < -0.39 is 0 Å². The Morgan fingerprint density at radius 1 is 1.50 bits per heavy atom. The van der Waals surface area contributed by atoms with Gasteiger partial charge in [-0.15, -0.1) is 0 Å². The van der Waals surface area contributed by atoms with E-state index >= 15 is 0 Å². The topological polar surface area (TPSA) is 71.8 Å². The van der Waals surface area contributed by atoms with Crippen LogP contribution < -0.4 is 11.3 Å². The molecule has 1 heterocycles. The van der Waals surface area contributed by atoms with Crippen molar-refractivity contribution in [1.29, 1.82) is 5.26 Å².